The summed E-state index contributed by atoms with van der Waals surface area (Å²) in [5.74, 6) is 0.532. The molecule has 0 amide bonds. The molecule has 1 aromatic carbocycles. The van der Waals surface area contributed by atoms with Gasteiger partial charge in [0.2, 0.25) is 0 Å². The Morgan fingerprint density at radius 1 is 1.39 bits per heavy atom. The summed E-state index contributed by atoms with van der Waals surface area (Å²) in [5.41, 5.74) is 1.37. The summed E-state index contributed by atoms with van der Waals surface area (Å²) in [5, 5.41) is 0. The average Bonchev–Trinajstić information content (AvgIpc) is 2.25. The van der Waals surface area contributed by atoms with Crippen LogP contribution in [-0.2, 0) is 11.2 Å². The van der Waals surface area contributed by atoms with Crippen molar-refractivity contribution in [1.82, 2.24) is 0 Å². The predicted molar refractivity (Wildman–Crippen MR) is 72.8 cm³/mol. The molecule has 0 aromatic heterocycles. The predicted octanol–water partition coefficient (Wildman–Crippen LogP) is 4.21. The van der Waals surface area contributed by atoms with E-state index in [1.165, 1.54) is 0 Å². The zero-order valence-corrected chi connectivity index (χ0v) is 11.4. The van der Waals surface area contributed by atoms with Gasteiger partial charge in [0.1, 0.15) is 11.4 Å². The lowest BCUT2D eigenvalue weighted by Gasteiger charge is -2.19. The second kappa shape index (κ2) is 5.71. The van der Waals surface area contributed by atoms with Gasteiger partial charge in [-0.3, -0.25) is 0 Å². The SMILES string of the molecule is C=Cc1cccc(OC(=O)OC(C)(C)C)c1CC. The number of ether oxygens (including phenoxy) is 2. The van der Waals surface area contributed by atoms with E-state index in [0.717, 1.165) is 17.5 Å². The maximum absolute atomic E-state index is 11.6. The molecule has 18 heavy (non-hydrogen) atoms. The Kier molecular flexibility index (Phi) is 4.54. The number of benzene rings is 1. The summed E-state index contributed by atoms with van der Waals surface area (Å²) in [7, 11) is 0. The molecular formula is C15H20O3. The number of rotatable bonds is 3. The third-order valence-corrected chi connectivity index (χ3v) is 2.33. The van der Waals surface area contributed by atoms with Gasteiger partial charge in [-0.1, -0.05) is 31.7 Å². The third-order valence-electron chi connectivity index (χ3n) is 2.33. The van der Waals surface area contributed by atoms with Crippen molar-refractivity contribution in [3.8, 4) is 5.75 Å². The Morgan fingerprint density at radius 2 is 2.06 bits per heavy atom. The average molecular weight is 248 g/mol. The van der Waals surface area contributed by atoms with E-state index in [4.69, 9.17) is 9.47 Å². The van der Waals surface area contributed by atoms with Crippen molar-refractivity contribution >= 4 is 12.2 Å². The fourth-order valence-corrected chi connectivity index (χ4v) is 1.61. The molecule has 0 spiro atoms. The summed E-state index contributed by atoms with van der Waals surface area (Å²) in [6, 6.07) is 5.53. The molecule has 0 atom stereocenters. The van der Waals surface area contributed by atoms with Crippen LogP contribution in [0.4, 0.5) is 4.79 Å². The molecule has 0 aliphatic carbocycles. The molecule has 0 bridgehead atoms. The molecule has 98 valence electrons. The standard InChI is InChI=1S/C15H20O3/c1-6-11-9-8-10-13(12(11)7-2)17-14(16)18-15(3,4)5/h6,8-10H,1,7H2,2-5H3. The highest BCUT2D eigenvalue weighted by molar-refractivity contribution is 5.67. The maximum Gasteiger partial charge on any atom is 0.514 e. The van der Waals surface area contributed by atoms with Gasteiger partial charge < -0.3 is 9.47 Å². The van der Waals surface area contributed by atoms with E-state index in [-0.39, 0.29) is 0 Å². The van der Waals surface area contributed by atoms with Crippen molar-refractivity contribution in [2.75, 3.05) is 0 Å². The van der Waals surface area contributed by atoms with Crippen molar-refractivity contribution in [3.63, 3.8) is 0 Å². The van der Waals surface area contributed by atoms with Gasteiger partial charge in [0.05, 0.1) is 0 Å². The van der Waals surface area contributed by atoms with Crippen molar-refractivity contribution in [2.45, 2.75) is 39.7 Å². The van der Waals surface area contributed by atoms with Crippen LogP contribution in [0.2, 0.25) is 0 Å². The summed E-state index contributed by atoms with van der Waals surface area (Å²) in [6.07, 6.45) is 1.83. The molecule has 0 unspecified atom stereocenters. The number of hydrogen-bond donors (Lipinski definition) is 0. The molecule has 0 aliphatic heterocycles. The molecule has 0 saturated carbocycles. The van der Waals surface area contributed by atoms with Crippen LogP contribution in [0.25, 0.3) is 6.08 Å². The fourth-order valence-electron chi connectivity index (χ4n) is 1.61. The van der Waals surface area contributed by atoms with Crippen LogP contribution in [0.15, 0.2) is 24.8 Å². The fraction of sp³-hybridized carbons (Fsp3) is 0.400. The minimum atomic E-state index is -0.682. The molecule has 1 rings (SSSR count). The first-order valence-electron chi connectivity index (χ1n) is 6.02. The van der Waals surface area contributed by atoms with Crippen LogP contribution in [0.5, 0.6) is 5.75 Å². The third kappa shape index (κ3) is 3.91. The largest absolute Gasteiger partial charge is 0.514 e. The lowest BCUT2D eigenvalue weighted by molar-refractivity contribution is 0.0204. The van der Waals surface area contributed by atoms with Gasteiger partial charge >= 0.3 is 6.16 Å². The molecule has 3 heteroatoms. The minimum Gasteiger partial charge on any atom is -0.428 e. The first-order chi connectivity index (χ1) is 8.37. The molecule has 0 radical (unpaired) electrons. The Hall–Kier alpha value is -1.77. The van der Waals surface area contributed by atoms with E-state index in [9.17, 15) is 4.79 Å². The zero-order chi connectivity index (χ0) is 13.8. The highest BCUT2D eigenvalue weighted by atomic mass is 16.7. The van der Waals surface area contributed by atoms with E-state index in [0.29, 0.717) is 5.75 Å². The van der Waals surface area contributed by atoms with E-state index in [2.05, 4.69) is 6.58 Å². The Bertz CT molecular complexity index is 442. The van der Waals surface area contributed by atoms with Gasteiger partial charge in [0.15, 0.2) is 0 Å². The van der Waals surface area contributed by atoms with E-state index in [1.807, 2.05) is 19.1 Å². The quantitative estimate of drug-likeness (QED) is 0.594. The zero-order valence-electron chi connectivity index (χ0n) is 11.4. The lowest BCUT2D eigenvalue weighted by atomic mass is 10.0. The molecule has 0 heterocycles. The maximum atomic E-state index is 11.6. The smallest absolute Gasteiger partial charge is 0.428 e. The Balaban J connectivity index is 2.91. The molecule has 0 N–H and O–H groups in total. The van der Waals surface area contributed by atoms with Crippen LogP contribution < -0.4 is 4.74 Å². The summed E-state index contributed by atoms with van der Waals surface area (Å²) < 4.78 is 10.4. The first-order valence-corrected chi connectivity index (χ1v) is 6.02. The summed E-state index contributed by atoms with van der Waals surface area (Å²) >= 11 is 0. The topological polar surface area (TPSA) is 35.5 Å². The van der Waals surface area contributed by atoms with Crippen LogP contribution in [0.3, 0.4) is 0 Å². The monoisotopic (exact) mass is 248 g/mol. The minimum absolute atomic E-state index is 0.532. The molecule has 0 aliphatic rings. The van der Waals surface area contributed by atoms with Crippen LogP contribution in [0, 0.1) is 0 Å². The van der Waals surface area contributed by atoms with Gasteiger partial charge in [-0.25, -0.2) is 4.79 Å². The van der Waals surface area contributed by atoms with Crippen molar-refractivity contribution in [2.24, 2.45) is 0 Å². The lowest BCUT2D eigenvalue weighted by Crippen LogP contribution is -2.26. The van der Waals surface area contributed by atoms with E-state index in [1.54, 1.807) is 32.9 Å². The van der Waals surface area contributed by atoms with Gasteiger partial charge in [-0.2, -0.15) is 0 Å². The molecule has 1 aromatic rings. The highest BCUT2D eigenvalue weighted by Gasteiger charge is 2.19. The second-order valence-electron chi connectivity index (χ2n) is 4.95. The highest BCUT2D eigenvalue weighted by Crippen LogP contribution is 2.25. The Labute approximate surface area is 108 Å². The van der Waals surface area contributed by atoms with Crippen LogP contribution in [0.1, 0.15) is 38.8 Å². The van der Waals surface area contributed by atoms with Crippen LogP contribution >= 0.6 is 0 Å². The van der Waals surface area contributed by atoms with Crippen LogP contribution in [-0.4, -0.2) is 11.8 Å². The van der Waals surface area contributed by atoms with Gasteiger partial charge in [0, 0.05) is 5.56 Å². The van der Waals surface area contributed by atoms with Gasteiger partial charge in [-0.05, 0) is 38.8 Å². The first kappa shape index (κ1) is 14.3. The van der Waals surface area contributed by atoms with E-state index >= 15 is 0 Å². The normalized spacial score (nSPS) is 10.9. The van der Waals surface area contributed by atoms with Crippen molar-refractivity contribution in [1.29, 1.82) is 0 Å². The number of carbonyl (C=O) groups is 1. The molecule has 0 saturated heterocycles. The molecular weight excluding hydrogens is 228 g/mol. The Morgan fingerprint density at radius 3 is 2.56 bits per heavy atom. The van der Waals surface area contributed by atoms with Gasteiger partial charge in [0.25, 0.3) is 0 Å². The second-order valence-corrected chi connectivity index (χ2v) is 4.95. The van der Waals surface area contributed by atoms with Crippen molar-refractivity contribution in [3.05, 3.63) is 35.9 Å². The number of hydrogen-bond acceptors (Lipinski definition) is 3. The molecule has 0 fully saturated rings. The van der Waals surface area contributed by atoms with E-state index < -0.39 is 11.8 Å². The van der Waals surface area contributed by atoms with Gasteiger partial charge in [-0.15, -0.1) is 0 Å². The van der Waals surface area contributed by atoms with Crippen molar-refractivity contribution < 1.29 is 14.3 Å². The summed E-state index contributed by atoms with van der Waals surface area (Å²) in [4.78, 5) is 11.6. The summed E-state index contributed by atoms with van der Waals surface area (Å²) in [6.45, 7) is 11.2. The molecule has 3 nitrogen and oxygen atoms in total. The number of carbonyl (C=O) groups excluding carboxylic acids is 1.